The van der Waals surface area contributed by atoms with E-state index in [0.29, 0.717) is 10.0 Å². The SMILES string of the molecule is CC1C(C2=NN=C(c3ccc(Cl)cc3)C2C)=NN=C1c1ccc(Cl)cc1. The maximum Gasteiger partial charge on any atom is 0.0959 e. The minimum atomic E-state index is 0.0529. The van der Waals surface area contributed by atoms with Crippen LogP contribution in [0.4, 0.5) is 0 Å². The molecule has 2 aromatic carbocycles. The molecule has 0 N–H and O–H groups in total. The van der Waals surface area contributed by atoms with Gasteiger partial charge in [0.25, 0.3) is 0 Å². The summed E-state index contributed by atoms with van der Waals surface area (Å²) in [7, 11) is 0. The van der Waals surface area contributed by atoms with Crippen LogP contribution in [-0.2, 0) is 0 Å². The van der Waals surface area contributed by atoms with Gasteiger partial charge in [0, 0.05) is 21.9 Å². The van der Waals surface area contributed by atoms with Crippen LogP contribution in [0.25, 0.3) is 0 Å². The smallest absolute Gasteiger partial charge is 0.0959 e. The zero-order chi connectivity index (χ0) is 18.3. The summed E-state index contributed by atoms with van der Waals surface area (Å²) < 4.78 is 0. The molecule has 0 spiro atoms. The van der Waals surface area contributed by atoms with Crippen molar-refractivity contribution in [1.29, 1.82) is 0 Å². The molecule has 6 heteroatoms. The summed E-state index contributed by atoms with van der Waals surface area (Å²) in [6.07, 6.45) is 0. The molecule has 26 heavy (non-hydrogen) atoms. The maximum atomic E-state index is 5.98. The average Bonchev–Trinajstić information content (AvgIpc) is 3.19. The maximum absolute atomic E-state index is 5.98. The molecular weight excluding hydrogens is 367 g/mol. The Morgan fingerprint density at radius 1 is 0.538 bits per heavy atom. The molecule has 4 nitrogen and oxygen atoms in total. The van der Waals surface area contributed by atoms with E-state index >= 15 is 0 Å². The van der Waals surface area contributed by atoms with Gasteiger partial charge >= 0.3 is 0 Å². The highest BCUT2D eigenvalue weighted by Crippen LogP contribution is 2.26. The second-order valence-corrected chi connectivity index (χ2v) is 7.27. The van der Waals surface area contributed by atoms with E-state index in [4.69, 9.17) is 23.2 Å². The van der Waals surface area contributed by atoms with Crippen LogP contribution in [0, 0.1) is 11.8 Å². The largest absolute Gasteiger partial charge is 0.154 e. The molecule has 0 amide bonds. The van der Waals surface area contributed by atoms with Crippen LogP contribution in [-0.4, -0.2) is 22.8 Å². The monoisotopic (exact) mass is 382 g/mol. The van der Waals surface area contributed by atoms with Gasteiger partial charge in [0.1, 0.15) is 0 Å². The first-order valence-corrected chi connectivity index (χ1v) is 9.13. The number of halogens is 2. The van der Waals surface area contributed by atoms with Crippen molar-refractivity contribution >= 4 is 46.0 Å². The first kappa shape index (κ1) is 17.1. The molecule has 0 radical (unpaired) electrons. The van der Waals surface area contributed by atoms with Crippen molar-refractivity contribution in [2.75, 3.05) is 0 Å². The molecule has 0 aliphatic carbocycles. The van der Waals surface area contributed by atoms with Crippen molar-refractivity contribution in [3.05, 3.63) is 69.7 Å². The van der Waals surface area contributed by atoms with Crippen LogP contribution in [0.5, 0.6) is 0 Å². The predicted molar refractivity (Wildman–Crippen MR) is 109 cm³/mol. The predicted octanol–water partition coefficient (Wildman–Crippen LogP) is 5.28. The summed E-state index contributed by atoms with van der Waals surface area (Å²) in [6.45, 7) is 4.18. The van der Waals surface area contributed by atoms with Gasteiger partial charge < -0.3 is 0 Å². The highest BCUT2D eigenvalue weighted by Gasteiger charge is 2.34. The lowest BCUT2D eigenvalue weighted by molar-refractivity contribution is 1.06. The minimum Gasteiger partial charge on any atom is -0.154 e. The van der Waals surface area contributed by atoms with Gasteiger partial charge in [0.05, 0.1) is 22.8 Å². The molecule has 0 saturated heterocycles. The van der Waals surface area contributed by atoms with Crippen molar-refractivity contribution < 1.29 is 0 Å². The molecule has 2 aliphatic rings. The molecule has 2 atom stereocenters. The van der Waals surface area contributed by atoms with E-state index in [2.05, 4.69) is 34.3 Å². The topological polar surface area (TPSA) is 49.4 Å². The van der Waals surface area contributed by atoms with Crippen molar-refractivity contribution in [2.45, 2.75) is 13.8 Å². The lowest BCUT2D eigenvalue weighted by atomic mass is 9.86. The third-order valence-corrected chi connectivity index (χ3v) is 5.22. The van der Waals surface area contributed by atoms with Crippen LogP contribution in [0.2, 0.25) is 10.0 Å². The number of nitrogens with zero attached hydrogens (tertiary/aromatic N) is 4. The number of hydrogen-bond acceptors (Lipinski definition) is 4. The lowest BCUT2D eigenvalue weighted by Crippen LogP contribution is -2.30. The van der Waals surface area contributed by atoms with E-state index in [1.807, 2.05) is 48.5 Å². The van der Waals surface area contributed by atoms with Crippen molar-refractivity contribution in [3.8, 4) is 0 Å². The number of rotatable bonds is 3. The zero-order valence-electron chi connectivity index (χ0n) is 14.3. The quantitative estimate of drug-likeness (QED) is 0.692. The molecule has 2 aliphatic heterocycles. The van der Waals surface area contributed by atoms with E-state index in [9.17, 15) is 0 Å². The van der Waals surface area contributed by atoms with Gasteiger partial charge in [-0.15, -0.1) is 0 Å². The van der Waals surface area contributed by atoms with Crippen LogP contribution < -0.4 is 0 Å². The fourth-order valence-electron chi connectivity index (χ4n) is 3.22. The molecule has 0 fully saturated rings. The molecule has 0 bridgehead atoms. The van der Waals surface area contributed by atoms with Gasteiger partial charge in [0.2, 0.25) is 0 Å². The standard InChI is InChI=1S/C20H16Cl2N4/c1-11-17(13-3-7-15(21)8-4-13)23-25-19(11)20-12(2)18(24-26-20)14-5-9-16(22)10-6-14/h3-12H,1-2H3. The lowest BCUT2D eigenvalue weighted by Gasteiger charge is -2.14. The van der Waals surface area contributed by atoms with Crippen molar-refractivity contribution in [1.82, 2.24) is 0 Å². The second kappa shape index (κ2) is 6.78. The molecule has 130 valence electrons. The third kappa shape index (κ3) is 3.00. The first-order chi connectivity index (χ1) is 12.5. The second-order valence-electron chi connectivity index (χ2n) is 6.40. The van der Waals surface area contributed by atoms with Crippen LogP contribution in [0.1, 0.15) is 25.0 Å². The van der Waals surface area contributed by atoms with E-state index in [1.165, 1.54) is 0 Å². The van der Waals surface area contributed by atoms with E-state index in [1.54, 1.807) is 0 Å². The average molecular weight is 383 g/mol. The number of hydrogen-bond donors (Lipinski definition) is 0. The van der Waals surface area contributed by atoms with E-state index in [-0.39, 0.29) is 11.8 Å². The van der Waals surface area contributed by atoms with Gasteiger partial charge in [-0.2, -0.15) is 20.4 Å². The minimum absolute atomic E-state index is 0.0529. The van der Waals surface area contributed by atoms with Gasteiger partial charge in [0.15, 0.2) is 0 Å². The zero-order valence-corrected chi connectivity index (χ0v) is 15.8. The molecule has 4 rings (SSSR count). The van der Waals surface area contributed by atoms with Gasteiger partial charge in [-0.3, -0.25) is 0 Å². The summed E-state index contributed by atoms with van der Waals surface area (Å²) in [5, 5.41) is 19.0. The van der Waals surface area contributed by atoms with Gasteiger partial charge in [-0.05, 0) is 35.4 Å². The van der Waals surface area contributed by atoms with Crippen molar-refractivity contribution in [2.24, 2.45) is 32.2 Å². The fraction of sp³-hybridized carbons (Fsp3) is 0.200. The Morgan fingerprint density at radius 2 is 0.846 bits per heavy atom. The highest BCUT2D eigenvalue weighted by molar-refractivity contribution is 6.52. The summed E-state index contributed by atoms with van der Waals surface area (Å²) in [5.41, 5.74) is 5.62. The molecule has 2 unspecified atom stereocenters. The van der Waals surface area contributed by atoms with Crippen LogP contribution in [0.15, 0.2) is 68.9 Å². The third-order valence-electron chi connectivity index (χ3n) is 4.71. The summed E-state index contributed by atoms with van der Waals surface area (Å²) in [6, 6.07) is 15.3. The molecule has 2 heterocycles. The van der Waals surface area contributed by atoms with Crippen LogP contribution >= 0.6 is 23.2 Å². The first-order valence-electron chi connectivity index (χ1n) is 8.37. The van der Waals surface area contributed by atoms with E-state index in [0.717, 1.165) is 34.0 Å². The molecule has 0 aromatic heterocycles. The van der Waals surface area contributed by atoms with Crippen LogP contribution in [0.3, 0.4) is 0 Å². The van der Waals surface area contributed by atoms with Gasteiger partial charge in [-0.1, -0.05) is 61.3 Å². The summed E-state index contributed by atoms with van der Waals surface area (Å²) >= 11 is 12.0. The Hall–Kier alpha value is -2.30. The van der Waals surface area contributed by atoms with E-state index < -0.39 is 0 Å². The summed E-state index contributed by atoms with van der Waals surface area (Å²) in [5.74, 6) is 0.106. The number of benzene rings is 2. The molecule has 2 aromatic rings. The Labute approximate surface area is 162 Å². The fourth-order valence-corrected chi connectivity index (χ4v) is 3.48. The Kier molecular flexibility index (Phi) is 4.47. The van der Waals surface area contributed by atoms with Crippen molar-refractivity contribution in [3.63, 3.8) is 0 Å². The Morgan fingerprint density at radius 3 is 1.19 bits per heavy atom. The highest BCUT2D eigenvalue weighted by atomic mass is 35.5. The van der Waals surface area contributed by atoms with Gasteiger partial charge in [-0.25, -0.2) is 0 Å². The molecule has 0 saturated carbocycles. The Balaban J connectivity index is 1.53. The summed E-state index contributed by atoms with van der Waals surface area (Å²) in [4.78, 5) is 0. The Bertz CT molecular complexity index is 888. The normalized spacial score (nSPS) is 22.0. The molecular formula is C20H16Cl2N4.